The van der Waals surface area contributed by atoms with E-state index in [0.717, 1.165) is 17.1 Å². The van der Waals surface area contributed by atoms with Gasteiger partial charge in [0.2, 0.25) is 0 Å². The van der Waals surface area contributed by atoms with E-state index in [1.54, 1.807) is 0 Å². The summed E-state index contributed by atoms with van der Waals surface area (Å²) in [7, 11) is 0. The Kier molecular flexibility index (Phi) is 8.98. The smallest absolute Gasteiger partial charge is 0.0468 e. The Morgan fingerprint density at radius 2 is 0.617 bits per heavy atom. The molecular formula is C59H41N. The fraction of sp³-hybridized carbons (Fsp3) is 0.0169. The van der Waals surface area contributed by atoms with Gasteiger partial charge in [0.15, 0.2) is 0 Å². The lowest BCUT2D eigenvalue weighted by atomic mass is 9.83. The van der Waals surface area contributed by atoms with Crippen LogP contribution in [0.4, 0.5) is 17.1 Å². The van der Waals surface area contributed by atoms with Gasteiger partial charge in [0, 0.05) is 23.0 Å². The molecule has 0 spiro atoms. The van der Waals surface area contributed by atoms with E-state index in [9.17, 15) is 0 Å². The average Bonchev–Trinajstić information content (AvgIpc) is 3.32. The molecule has 0 aliphatic carbocycles. The highest BCUT2D eigenvalue weighted by molar-refractivity contribution is 6.22. The van der Waals surface area contributed by atoms with Gasteiger partial charge < -0.3 is 4.90 Å². The molecule has 60 heavy (non-hydrogen) atoms. The van der Waals surface area contributed by atoms with Gasteiger partial charge in [0.1, 0.15) is 0 Å². The predicted molar refractivity (Wildman–Crippen MR) is 256 cm³/mol. The third-order valence-electron chi connectivity index (χ3n) is 12.1. The van der Waals surface area contributed by atoms with Gasteiger partial charge in [-0.1, -0.05) is 194 Å². The summed E-state index contributed by atoms with van der Waals surface area (Å²) in [5.41, 5.74) is 12.3. The molecule has 0 fully saturated rings. The summed E-state index contributed by atoms with van der Waals surface area (Å²) in [4.78, 5) is 2.32. The van der Waals surface area contributed by atoms with E-state index < -0.39 is 0 Å². The molecule has 0 amide bonds. The van der Waals surface area contributed by atoms with Crippen LogP contribution in [0.5, 0.6) is 0 Å². The second-order valence-corrected chi connectivity index (χ2v) is 15.7. The van der Waals surface area contributed by atoms with Gasteiger partial charge in [0.05, 0.1) is 0 Å². The number of anilines is 3. The Bertz CT molecular complexity index is 2940. The molecule has 0 aliphatic rings. The van der Waals surface area contributed by atoms with Crippen LogP contribution in [0.2, 0.25) is 0 Å². The Balaban J connectivity index is 1.02. The highest BCUT2D eigenvalue weighted by Crippen LogP contribution is 2.45. The summed E-state index contributed by atoms with van der Waals surface area (Å²) in [5, 5.41) is 9.92. The van der Waals surface area contributed by atoms with Gasteiger partial charge in [-0.3, -0.25) is 0 Å². The number of para-hydroxylation sites is 2. The molecule has 11 aromatic carbocycles. The zero-order chi connectivity index (χ0) is 39.8. The van der Waals surface area contributed by atoms with Crippen molar-refractivity contribution in [3.8, 4) is 22.3 Å². The fourth-order valence-corrected chi connectivity index (χ4v) is 9.35. The van der Waals surface area contributed by atoms with Crippen molar-refractivity contribution in [3.63, 3.8) is 0 Å². The minimum atomic E-state index is 0.160. The molecule has 1 nitrogen and oxygen atoms in total. The van der Waals surface area contributed by atoms with E-state index in [-0.39, 0.29) is 5.92 Å². The van der Waals surface area contributed by atoms with E-state index in [4.69, 9.17) is 0 Å². The maximum absolute atomic E-state index is 2.38. The van der Waals surface area contributed by atoms with Crippen LogP contribution in [0.3, 0.4) is 0 Å². The van der Waals surface area contributed by atoms with Crippen LogP contribution < -0.4 is 4.90 Å². The highest BCUT2D eigenvalue weighted by atomic mass is 15.1. The highest BCUT2D eigenvalue weighted by Gasteiger charge is 2.20. The molecule has 282 valence electrons. The molecule has 0 atom stereocenters. The Morgan fingerprint density at radius 1 is 0.250 bits per heavy atom. The van der Waals surface area contributed by atoms with Crippen LogP contribution in [0.1, 0.15) is 22.6 Å². The quantitative estimate of drug-likeness (QED) is 0.110. The monoisotopic (exact) mass is 763 g/mol. The van der Waals surface area contributed by atoms with Crippen LogP contribution >= 0.6 is 0 Å². The molecule has 0 N–H and O–H groups in total. The van der Waals surface area contributed by atoms with E-state index in [2.05, 4.69) is 248 Å². The molecule has 11 rings (SSSR count). The van der Waals surface area contributed by atoms with Crippen molar-refractivity contribution < 1.29 is 0 Å². The molecule has 0 unspecified atom stereocenters. The summed E-state index contributed by atoms with van der Waals surface area (Å²) in [5.74, 6) is 0.160. The van der Waals surface area contributed by atoms with Gasteiger partial charge in [-0.25, -0.2) is 0 Å². The minimum Gasteiger partial charge on any atom is -0.310 e. The number of benzene rings is 11. The largest absolute Gasteiger partial charge is 0.310 e. The predicted octanol–water partition coefficient (Wildman–Crippen LogP) is 16.3. The van der Waals surface area contributed by atoms with Gasteiger partial charge >= 0.3 is 0 Å². The van der Waals surface area contributed by atoms with Crippen LogP contribution in [-0.4, -0.2) is 0 Å². The summed E-state index contributed by atoms with van der Waals surface area (Å²) in [6, 6.07) is 88.7. The third-order valence-corrected chi connectivity index (χ3v) is 12.1. The third kappa shape index (κ3) is 6.38. The Hall–Kier alpha value is -7.74. The zero-order valence-corrected chi connectivity index (χ0v) is 33.1. The topological polar surface area (TPSA) is 3.24 Å². The minimum absolute atomic E-state index is 0.160. The normalized spacial score (nSPS) is 11.5. The number of hydrogen-bond acceptors (Lipinski definition) is 1. The fourth-order valence-electron chi connectivity index (χ4n) is 9.35. The van der Waals surface area contributed by atoms with Gasteiger partial charge in [-0.2, -0.15) is 0 Å². The van der Waals surface area contributed by atoms with E-state index in [1.165, 1.54) is 82.0 Å². The average molecular weight is 764 g/mol. The SMILES string of the molecule is c1ccc(C(c2ccccc2)c2ccc3cc(-c4c5ccccc5c(-c5ccc6cc(N(c7ccccc7)c7ccccc7)ccc6c5)c5ccccc45)ccc3c2)cc1. The standard InChI is InChI=1S/C59H41N/c1-5-17-41(18-6-1)57(42-19-7-2-8-20-42)47-32-29-44-38-48(33-30-43(44)37-47)58-53-25-13-15-27-55(53)59(56-28-16-14-26-54(56)58)49-34-31-46-40-52(36-35-45(46)39-49)60(50-21-9-3-10-22-50)51-23-11-4-12-24-51/h1-40,57H. The van der Waals surface area contributed by atoms with Crippen molar-refractivity contribution in [2.75, 3.05) is 4.90 Å². The maximum Gasteiger partial charge on any atom is 0.0468 e. The molecule has 0 aliphatic heterocycles. The van der Waals surface area contributed by atoms with Crippen LogP contribution in [-0.2, 0) is 0 Å². The Labute approximate surface area is 351 Å². The van der Waals surface area contributed by atoms with Gasteiger partial charge in [0.25, 0.3) is 0 Å². The first-order valence-electron chi connectivity index (χ1n) is 20.8. The lowest BCUT2D eigenvalue weighted by Crippen LogP contribution is -2.09. The first-order valence-corrected chi connectivity index (χ1v) is 20.8. The summed E-state index contributed by atoms with van der Waals surface area (Å²) < 4.78 is 0. The molecule has 0 heterocycles. The molecule has 0 saturated heterocycles. The maximum atomic E-state index is 2.38. The van der Waals surface area contributed by atoms with Crippen molar-refractivity contribution in [1.82, 2.24) is 0 Å². The van der Waals surface area contributed by atoms with E-state index in [0.29, 0.717) is 0 Å². The number of rotatable bonds is 8. The number of hydrogen-bond donors (Lipinski definition) is 0. The summed E-state index contributed by atoms with van der Waals surface area (Å²) in [6.07, 6.45) is 0. The van der Waals surface area contributed by atoms with Crippen molar-refractivity contribution in [3.05, 3.63) is 259 Å². The molecule has 0 bridgehead atoms. The second kappa shape index (κ2) is 15.2. The molecular weight excluding hydrogens is 723 g/mol. The molecule has 11 aromatic rings. The molecule has 0 saturated carbocycles. The van der Waals surface area contributed by atoms with Crippen LogP contribution in [0.15, 0.2) is 243 Å². The first kappa shape index (κ1) is 35.4. The zero-order valence-electron chi connectivity index (χ0n) is 33.1. The van der Waals surface area contributed by atoms with E-state index in [1.807, 2.05) is 0 Å². The summed E-state index contributed by atoms with van der Waals surface area (Å²) >= 11 is 0. The molecule has 1 heteroatoms. The van der Waals surface area contributed by atoms with Crippen molar-refractivity contribution in [1.29, 1.82) is 0 Å². The van der Waals surface area contributed by atoms with Crippen LogP contribution in [0.25, 0.3) is 65.3 Å². The Morgan fingerprint density at radius 3 is 1.08 bits per heavy atom. The second-order valence-electron chi connectivity index (χ2n) is 15.7. The van der Waals surface area contributed by atoms with Crippen molar-refractivity contribution >= 4 is 60.2 Å². The summed E-state index contributed by atoms with van der Waals surface area (Å²) in [6.45, 7) is 0. The van der Waals surface area contributed by atoms with Crippen molar-refractivity contribution in [2.45, 2.75) is 5.92 Å². The molecule has 0 radical (unpaired) electrons. The lowest BCUT2D eigenvalue weighted by Gasteiger charge is -2.25. The van der Waals surface area contributed by atoms with Crippen molar-refractivity contribution in [2.24, 2.45) is 0 Å². The number of nitrogens with zero attached hydrogens (tertiary/aromatic N) is 1. The number of fused-ring (bicyclic) bond motifs is 4. The van der Waals surface area contributed by atoms with Crippen LogP contribution in [0, 0.1) is 0 Å². The van der Waals surface area contributed by atoms with Gasteiger partial charge in [-0.05, 0) is 131 Å². The van der Waals surface area contributed by atoms with Gasteiger partial charge in [-0.15, -0.1) is 0 Å². The lowest BCUT2D eigenvalue weighted by molar-refractivity contribution is 0.980. The van der Waals surface area contributed by atoms with E-state index >= 15 is 0 Å². The first-order chi connectivity index (χ1) is 29.8. The molecule has 0 aromatic heterocycles.